The molecule has 0 atom stereocenters. The second-order valence-corrected chi connectivity index (χ2v) is 7.37. The summed E-state index contributed by atoms with van der Waals surface area (Å²) in [7, 11) is 0. The van der Waals surface area contributed by atoms with Gasteiger partial charge >= 0.3 is 0 Å². The molecule has 0 radical (unpaired) electrons. The fourth-order valence-corrected chi connectivity index (χ4v) is 3.09. The molecule has 0 spiro atoms. The highest BCUT2D eigenvalue weighted by Gasteiger charge is 2.10. The number of carbonyl (C=O) groups excluding carboxylic acids is 2. The zero-order valence-electron chi connectivity index (χ0n) is 15.9. The molecule has 0 aliphatic carbocycles. The average Bonchev–Trinajstić information content (AvgIpc) is 2.70. The van der Waals surface area contributed by atoms with Gasteiger partial charge in [-0.3, -0.25) is 9.59 Å². The van der Waals surface area contributed by atoms with Gasteiger partial charge in [-0.2, -0.15) is 0 Å². The quantitative estimate of drug-likeness (QED) is 0.595. The first-order chi connectivity index (χ1) is 13.9. The van der Waals surface area contributed by atoms with Gasteiger partial charge in [0.1, 0.15) is 10.8 Å². The lowest BCUT2D eigenvalue weighted by Gasteiger charge is -2.09. The number of amides is 2. The van der Waals surface area contributed by atoms with Crippen LogP contribution in [0.1, 0.15) is 21.5 Å². The number of aryl methyl sites for hydroxylation is 2. The van der Waals surface area contributed by atoms with E-state index in [1.807, 2.05) is 32.0 Å². The Morgan fingerprint density at radius 1 is 1.00 bits per heavy atom. The van der Waals surface area contributed by atoms with Crippen LogP contribution >= 0.6 is 11.8 Å². The fourth-order valence-electron chi connectivity index (χ4n) is 2.48. The monoisotopic (exact) mass is 410 g/mol. The molecule has 3 rings (SSSR count). The molecule has 0 aliphatic heterocycles. The van der Waals surface area contributed by atoms with Crippen LogP contribution < -0.4 is 10.6 Å². The fraction of sp³-hybridized carbons (Fsp3) is 0.143. The first kappa shape index (κ1) is 20.5. The second kappa shape index (κ2) is 9.29. The first-order valence-electron chi connectivity index (χ1n) is 8.81. The molecule has 1 aromatic heterocycles. The molecule has 3 aromatic rings. The number of nitrogens with zero attached hydrogens (tertiary/aromatic N) is 2. The lowest BCUT2D eigenvalue weighted by atomic mass is 10.1. The minimum Gasteiger partial charge on any atom is -0.325 e. The Bertz CT molecular complexity index is 1040. The summed E-state index contributed by atoms with van der Waals surface area (Å²) in [5, 5.41) is 13.9. The largest absolute Gasteiger partial charge is 0.325 e. The number of halogens is 1. The van der Waals surface area contributed by atoms with Crippen LogP contribution in [0, 0.1) is 19.7 Å². The number of hydrogen-bond donors (Lipinski definition) is 2. The number of anilines is 2. The SMILES string of the molecule is Cc1ccc(C)c(NC(=O)CSc2ccc(NC(=O)c3cccc(F)c3)nn2)c1. The minimum absolute atomic E-state index is 0.144. The number of benzene rings is 2. The first-order valence-corrected chi connectivity index (χ1v) is 9.80. The lowest BCUT2D eigenvalue weighted by Crippen LogP contribution is -2.15. The molecule has 148 valence electrons. The van der Waals surface area contributed by atoms with E-state index in [2.05, 4.69) is 20.8 Å². The van der Waals surface area contributed by atoms with Crippen LogP contribution in [0.25, 0.3) is 0 Å². The minimum atomic E-state index is -0.491. The summed E-state index contributed by atoms with van der Waals surface area (Å²) in [5.41, 5.74) is 3.04. The average molecular weight is 410 g/mol. The highest BCUT2D eigenvalue weighted by atomic mass is 32.2. The number of carbonyl (C=O) groups is 2. The van der Waals surface area contributed by atoms with Gasteiger partial charge in [-0.15, -0.1) is 10.2 Å². The molecule has 0 aliphatic rings. The van der Waals surface area contributed by atoms with Crippen LogP contribution in [-0.4, -0.2) is 27.8 Å². The van der Waals surface area contributed by atoms with E-state index in [4.69, 9.17) is 0 Å². The van der Waals surface area contributed by atoms with Gasteiger partial charge in [0.05, 0.1) is 5.75 Å². The Kier molecular flexibility index (Phi) is 6.56. The van der Waals surface area contributed by atoms with Gasteiger partial charge in [-0.05, 0) is 61.4 Å². The molecule has 8 heteroatoms. The van der Waals surface area contributed by atoms with E-state index in [1.165, 1.54) is 30.0 Å². The maximum Gasteiger partial charge on any atom is 0.256 e. The Balaban J connectivity index is 1.53. The van der Waals surface area contributed by atoms with E-state index in [1.54, 1.807) is 12.1 Å². The van der Waals surface area contributed by atoms with Crippen LogP contribution in [0.15, 0.2) is 59.6 Å². The predicted octanol–water partition coefficient (Wildman–Crippen LogP) is 4.22. The van der Waals surface area contributed by atoms with Crippen molar-refractivity contribution in [1.82, 2.24) is 10.2 Å². The third-order valence-corrected chi connectivity index (χ3v) is 4.91. The second-order valence-electron chi connectivity index (χ2n) is 6.38. The van der Waals surface area contributed by atoms with Crippen LogP contribution in [0.3, 0.4) is 0 Å². The van der Waals surface area contributed by atoms with Crippen molar-refractivity contribution in [1.29, 1.82) is 0 Å². The normalized spacial score (nSPS) is 10.4. The van der Waals surface area contributed by atoms with Crippen molar-refractivity contribution in [3.05, 3.63) is 77.1 Å². The Morgan fingerprint density at radius 2 is 1.83 bits per heavy atom. The number of aromatic nitrogens is 2. The Hall–Kier alpha value is -3.26. The molecular formula is C21H19FN4O2S. The molecule has 0 saturated heterocycles. The molecule has 29 heavy (non-hydrogen) atoms. The third-order valence-electron chi connectivity index (χ3n) is 3.99. The van der Waals surface area contributed by atoms with Crippen molar-refractivity contribution in [3.8, 4) is 0 Å². The summed E-state index contributed by atoms with van der Waals surface area (Å²) in [6.45, 7) is 3.90. The van der Waals surface area contributed by atoms with Crippen molar-refractivity contribution in [3.63, 3.8) is 0 Å². The molecule has 2 amide bonds. The van der Waals surface area contributed by atoms with Gasteiger partial charge in [-0.1, -0.05) is 30.0 Å². The van der Waals surface area contributed by atoms with Crippen molar-refractivity contribution >= 4 is 35.1 Å². The van der Waals surface area contributed by atoms with Crippen LogP contribution in [0.4, 0.5) is 15.9 Å². The maximum absolute atomic E-state index is 13.2. The molecule has 0 saturated carbocycles. The number of nitrogens with one attached hydrogen (secondary N) is 2. The van der Waals surface area contributed by atoms with E-state index >= 15 is 0 Å². The highest BCUT2D eigenvalue weighted by molar-refractivity contribution is 7.99. The molecular weight excluding hydrogens is 391 g/mol. The van der Waals surface area contributed by atoms with Gasteiger partial charge in [0.15, 0.2) is 5.82 Å². The molecule has 0 bridgehead atoms. The van der Waals surface area contributed by atoms with Crippen molar-refractivity contribution in [2.75, 3.05) is 16.4 Å². The summed E-state index contributed by atoms with van der Waals surface area (Å²) >= 11 is 1.24. The summed E-state index contributed by atoms with van der Waals surface area (Å²) < 4.78 is 13.2. The molecule has 2 N–H and O–H groups in total. The Labute approximate surface area is 171 Å². The van der Waals surface area contributed by atoms with E-state index in [9.17, 15) is 14.0 Å². The van der Waals surface area contributed by atoms with Gasteiger partial charge in [0, 0.05) is 11.3 Å². The molecule has 1 heterocycles. The van der Waals surface area contributed by atoms with Crippen molar-refractivity contribution in [2.24, 2.45) is 0 Å². The topological polar surface area (TPSA) is 84.0 Å². The van der Waals surface area contributed by atoms with Crippen molar-refractivity contribution in [2.45, 2.75) is 18.9 Å². The summed E-state index contributed by atoms with van der Waals surface area (Å²) in [5.74, 6) is -0.698. The van der Waals surface area contributed by atoms with Crippen molar-refractivity contribution < 1.29 is 14.0 Å². The Morgan fingerprint density at radius 3 is 2.55 bits per heavy atom. The zero-order chi connectivity index (χ0) is 20.8. The lowest BCUT2D eigenvalue weighted by molar-refractivity contribution is -0.113. The summed E-state index contributed by atoms with van der Waals surface area (Å²) in [6.07, 6.45) is 0. The summed E-state index contributed by atoms with van der Waals surface area (Å²) in [6, 6.07) is 14.5. The molecule has 2 aromatic carbocycles. The van der Waals surface area contributed by atoms with E-state index in [0.29, 0.717) is 5.03 Å². The predicted molar refractivity (Wildman–Crippen MR) is 112 cm³/mol. The van der Waals surface area contributed by atoms with Gasteiger partial charge in [0.2, 0.25) is 5.91 Å². The van der Waals surface area contributed by atoms with Gasteiger partial charge in [-0.25, -0.2) is 4.39 Å². The van der Waals surface area contributed by atoms with Crippen LogP contribution in [0.2, 0.25) is 0 Å². The number of hydrogen-bond acceptors (Lipinski definition) is 5. The van der Waals surface area contributed by atoms with Crippen LogP contribution in [-0.2, 0) is 4.79 Å². The van der Waals surface area contributed by atoms with Gasteiger partial charge in [0.25, 0.3) is 5.91 Å². The van der Waals surface area contributed by atoms with E-state index in [-0.39, 0.29) is 23.0 Å². The number of rotatable bonds is 6. The smallest absolute Gasteiger partial charge is 0.256 e. The molecule has 0 unspecified atom stereocenters. The number of thioether (sulfide) groups is 1. The maximum atomic E-state index is 13.2. The van der Waals surface area contributed by atoms with E-state index < -0.39 is 11.7 Å². The van der Waals surface area contributed by atoms with Crippen LogP contribution in [0.5, 0.6) is 0 Å². The highest BCUT2D eigenvalue weighted by Crippen LogP contribution is 2.19. The van der Waals surface area contributed by atoms with E-state index in [0.717, 1.165) is 22.9 Å². The van der Waals surface area contributed by atoms with Gasteiger partial charge < -0.3 is 10.6 Å². The molecule has 0 fully saturated rings. The zero-order valence-corrected chi connectivity index (χ0v) is 16.7. The molecule has 6 nitrogen and oxygen atoms in total. The third kappa shape index (κ3) is 5.86. The standard InChI is InChI=1S/C21H19FN4O2S/c1-13-6-7-14(2)17(10-13)23-19(27)12-29-20-9-8-18(25-26-20)24-21(28)15-4-3-5-16(22)11-15/h3-11H,12H2,1-2H3,(H,23,27)(H,24,25,28). The summed E-state index contributed by atoms with van der Waals surface area (Å²) in [4.78, 5) is 24.3.